The minimum absolute atomic E-state index is 0. The maximum absolute atomic E-state index is 3.77. The molecule has 3 heteroatoms. The van der Waals surface area contributed by atoms with E-state index >= 15 is 0 Å². The van der Waals surface area contributed by atoms with Crippen LogP contribution in [0.25, 0.3) is 0 Å². The third-order valence-corrected chi connectivity index (χ3v) is 2.32. The van der Waals surface area contributed by atoms with Crippen molar-refractivity contribution in [2.24, 2.45) is 0 Å². The quantitative estimate of drug-likeness (QED) is 0.549. The van der Waals surface area contributed by atoms with Crippen molar-refractivity contribution < 1.29 is 21.9 Å². The van der Waals surface area contributed by atoms with Gasteiger partial charge in [0.1, 0.15) is 0 Å². The van der Waals surface area contributed by atoms with Crippen molar-refractivity contribution >= 4 is 0 Å². The topological polar surface area (TPSA) is 7.68 Å². The molecule has 1 aliphatic rings. The monoisotopic (exact) mass is 234 g/mol. The van der Waals surface area contributed by atoms with E-state index in [-0.39, 0.29) is 17.0 Å². The predicted molar refractivity (Wildman–Crippen MR) is 47.4 cm³/mol. The standard InChI is InChI=1S/C9H18N2.BrH/c1-3-5-6-11-8-7-10(4-2)9-11;/h4H,2-3,5-9H2,1H3;1H. The van der Waals surface area contributed by atoms with Crippen molar-refractivity contribution in [1.82, 2.24) is 4.90 Å². The molecule has 1 saturated heterocycles. The van der Waals surface area contributed by atoms with E-state index in [0.717, 1.165) is 0 Å². The Balaban J connectivity index is 0.00000121. The summed E-state index contributed by atoms with van der Waals surface area (Å²) in [7, 11) is 0. The Hall–Kier alpha value is -0.0200. The second kappa shape index (κ2) is 6.49. The summed E-state index contributed by atoms with van der Waals surface area (Å²) in [6, 6.07) is 0. The molecular formula is C9H19BrN2. The van der Waals surface area contributed by atoms with E-state index < -0.39 is 0 Å². The van der Waals surface area contributed by atoms with Gasteiger partial charge in [0.25, 0.3) is 0 Å². The van der Waals surface area contributed by atoms with Crippen LogP contribution < -0.4 is 21.9 Å². The molecule has 0 spiro atoms. The van der Waals surface area contributed by atoms with E-state index in [1.165, 1.54) is 39.1 Å². The first-order valence-corrected chi connectivity index (χ1v) is 4.57. The molecule has 0 aliphatic carbocycles. The van der Waals surface area contributed by atoms with Gasteiger partial charge in [-0.15, -0.1) is 0 Å². The highest BCUT2D eigenvalue weighted by Crippen LogP contribution is 1.88. The van der Waals surface area contributed by atoms with Crippen LogP contribution in [0.2, 0.25) is 0 Å². The first-order valence-electron chi connectivity index (χ1n) is 4.57. The molecule has 1 aliphatic heterocycles. The summed E-state index contributed by atoms with van der Waals surface area (Å²) in [4.78, 5) is 4.01. The van der Waals surface area contributed by atoms with E-state index in [1.54, 1.807) is 4.90 Å². The third kappa shape index (κ3) is 3.59. The van der Waals surface area contributed by atoms with Gasteiger partial charge in [-0.3, -0.25) is 0 Å². The lowest BCUT2D eigenvalue weighted by Gasteiger charge is -2.12. The van der Waals surface area contributed by atoms with Crippen LogP contribution in [0.1, 0.15) is 19.8 Å². The largest absolute Gasteiger partial charge is 1.00 e. The Kier molecular flexibility index (Phi) is 6.48. The zero-order valence-electron chi connectivity index (χ0n) is 7.85. The lowest BCUT2D eigenvalue weighted by molar-refractivity contribution is -0.891. The zero-order chi connectivity index (χ0) is 8.10. The number of hydrogen-bond donors (Lipinski definition) is 1. The van der Waals surface area contributed by atoms with Crippen molar-refractivity contribution in [3.05, 3.63) is 12.8 Å². The lowest BCUT2D eigenvalue weighted by Crippen LogP contribution is -3.10. The Bertz CT molecular complexity index is 128. The fourth-order valence-electron chi connectivity index (χ4n) is 1.53. The highest BCUT2D eigenvalue weighted by molar-refractivity contribution is 4.69. The summed E-state index contributed by atoms with van der Waals surface area (Å²) in [6.07, 6.45) is 4.64. The number of rotatable bonds is 4. The van der Waals surface area contributed by atoms with Crippen LogP contribution in [0.3, 0.4) is 0 Å². The fourth-order valence-corrected chi connectivity index (χ4v) is 1.53. The highest BCUT2D eigenvalue weighted by Gasteiger charge is 2.18. The molecule has 72 valence electrons. The first kappa shape index (κ1) is 12.0. The molecule has 12 heavy (non-hydrogen) atoms. The van der Waals surface area contributed by atoms with Gasteiger partial charge in [0.15, 0.2) is 6.67 Å². The molecule has 1 rings (SSSR count). The Morgan fingerprint density at radius 2 is 2.33 bits per heavy atom. The first-order chi connectivity index (χ1) is 5.36. The molecule has 0 saturated carbocycles. The normalized spacial score (nSPS) is 22.1. The van der Waals surface area contributed by atoms with Crippen LogP contribution in [0.5, 0.6) is 0 Å². The Labute approximate surface area is 86.0 Å². The molecule has 1 heterocycles. The SMILES string of the molecule is C=CN1CC[NH+](CCCC)C1.[Br-]. The van der Waals surface area contributed by atoms with Crippen molar-refractivity contribution in [2.45, 2.75) is 19.8 Å². The number of hydrogen-bond acceptors (Lipinski definition) is 1. The summed E-state index contributed by atoms with van der Waals surface area (Å²) in [5, 5.41) is 0. The Morgan fingerprint density at radius 3 is 2.83 bits per heavy atom. The van der Waals surface area contributed by atoms with Crippen molar-refractivity contribution in [3.8, 4) is 0 Å². The number of nitrogens with zero attached hydrogens (tertiary/aromatic N) is 1. The maximum Gasteiger partial charge on any atom is 0.152 e. The minimum atomic E-state index is 0. The molecule has 1 fully saturated rings. The minimum Gasteiger partial charge on any atom is -1.00 e. The molecule has 0 aromatic carbocycles. The van der Waals surface area contributed by atoms with Crippen molar-refractivity contribution in [1.29, 1.82) is 0 Å². The second-order valence-corrected chi connectivity index (χ2v) is 3.26. The van der Waals surface area contributed by atoms with Crippen molar-refractivity contribution in [3.63, 3.8) is 0 Å². The molecule has 0 aromatic heterocycles. The van der Waals surface area contributed by atoms with Gasteiger partial charge in [-0.1, -0.05) is 19.9 Å². The molecular weight excluding hydrogens is 216 g/mol. The molecule has 0 bridgehead atoms. The van der Waals surface area contributed by atoms with Crippen LogP contribution in [0.4, 0.5) is 0 Å². The smallest absolute Gasteiger partial charge is 0.152 e. The van der Waals surface area contributed by atoms with Gasteiger partial charge in [-0.2, -0.15) is 0 Å². The summed E-state index contributed by atoms with van der Waals surface area (Å²) in [6.45, 7) is 11.0. The molecule has 1 unspecified atom stereocenters. The number of quaternary nitrogens is 1. The maximum atomic E-state index is 3.77. The van der Waals surface area contributed by atoms with Crippen LogP contribution in [0.15, 0.2) is 12.8 Å². The number of nitrogens with one attached hydrogen (secondary N) is 1. The molecule has 2 nitrogen and oxygen atoms in total. The predicted octanol–water partition coefficient (Wildman–Crippen LogP) is -2.91. The molecule has 1 N–H and O–H groups in total. The van der Waals surface area contributed by atoms with E-state index in [0.29, 0.717) is 0 Å². The zero-order valence-corrected chi connectivity index (χ0v) is 9.44. The summed E-state index contributed by atoms with van der Waals surface area (Å²) in [5.41, 5.74) is 0. The number of unbranched alkanes of at least 4 members (excludes halogenated alkanes) is 1. The fraction of sp³-hybridized carbons (Fsp3) is 0.778. The third-order valence-electron chi connectivity index (χ3n) is 2.32. The van der Waals surface area contributed by atoms with Crippen molar-refractivity contribution in [2.75, 3.05) is 26.3 Å². The van der Waals surface area contributed by atoms with Gasteiger partial charge < -0.3 is 26.8 Å². The van der Waals surface area contributed by atoms with Gasteiger partial charge >= 0.3 is 0 Å². The van der Waals surface area contributed by atoms with Gasteiger partial charge in [0, 0.05) is 0 Å². The molecule has 1 atom stereocenters. The molecule has 0 aromatic rings. The Morgan fingerprint density at radius 1 is 1.58 bits per heavy atom. The second-order valence-electron chi connectivity index (χ2n) is 3.26. The van der Waals surface area contributed by atoms with Crippen LogP contribution in [-0.2, 0) is 0 Å². The van der Waals surface area contributed by atoms with Gasteiger partial charge in [-0.25, -0.2) is 0 Å². The summed E-state index contributed by atoms with van der Waals surface area (Å²) < 4.78 is 0. The average Bonchev–Trinajstić information content (AvgIpc) is 2.48. The number of halogens is 1. The molecule has 0 amide bonds. The summed E-state index contributed by atoms with van der Waals surface area (Å²) in [5.74, 6) is 0. The highest BCUT2D eigenvalue weighted by atomic mass is 79.9. The van der Waals surface area contributed by atoms with Crippen LogP contribution >= 0.6 is 0 Å². The van der Waals surface area contributed by atoms with E-state index in [9.17, 15) is 0 Å². The van der Waals surface area contributed by atoms with Gasteiger partial charge in [0.05, 0.1) is 19.6 Å². The van der Waals surface area contributed by atoms with E-state index in [1.807, 2.05) is 6.20 Å². The van der Waals surface area contributed by atoms with Crippen LogP contribution in [0, 0.1) is 0 Å². The van der Waals surface area contributed by atoms with E-state index in [2.05, 4.69) is 18.4 Å². The molecule has 0 radical (unpaired) electrons. The van der Waals surface area contributed by atoms with Gasteiger partial charge in [-0.05, 0) is 12.6 Å². The lowest BCUT2D eigenvalue weighted by atomic mass is 10.3. The van der Waals surface area contributed by atoms with Gasteiger partial charge in [0.2, 0.25) is 0 Å². The van der Waals surface area contributed by atoms with Crippen LogP contribution in [-0.4, -0.2) is 31.2 Å². The summed E-state index contributed by atoms with van der Waals surface area (Å²) >= 11 is 0. The van der Waals surface area contributed by atoms with E-state index in [4.69, 9.17) is 0 Å². The average molecular weight is 235 g/mol.